The van der Waals surface area contributed by atoms with Crippen LogP contribution in [0.3, 0.4) is 0 Å². The first kappa shape index (κ1) is 21.9. The molecule has 1 atom stereocenters. The van der Waals surface area contributed by atoms with Gasteiger partial charge in [-0.3, -0.25) is 4.79 Å². The molecule has 2 N–H and O–H groups in total. The van der Waals surface area contributed by atoms with Crippen LogP contribution in [0.4, 0.5) is 5.69 Å². The van der Waals surface area contributed by atoms with E-state index in [-0.39, 0.29) is 16.7 Å². The fourth-order valence-corrected chi connectivity index (χ4v) is 4.00. The van der Waals surface area contributed by atoms with Crippen molar-refractivity contribution in [2.24, 2.45) is 5.92 Å². The summed E-state index contributed by atoms with van der Waals surface area (Å²) >= 11 is 0. The summed E-state index contributed by atoms with van der Waals surface area (Å²) in [5.41, 5.74) is 2.69. The minimum absolute atomic E-state index is 0.0848. The number of amides is 1. The van der Waals surface area contributed by atoms with Crippen molar-refractivity contribution in [1.29, 1.82) is 0 Å². The van der Waals surface area contributed by atoms with Gasteiger partial charge in [0.05, 0.1) is 12.0 Å². The first-order chi connectivity index (χ1) is 13.1. The summed E-state index contributed by atoms with van der Waals surface area (Å²) in [6, 6.07) is 10.8. The number of hydrogen-bond donors (Lipinski definition) is 2. The minimum atomic E-state index is -3.85. The molecule has 2 aromatic carbocycles. The van der Waals surface area contributed by atoms with E-state index >= 15 is 0 Å². The molecule has 0 radical (unpaired) electrons. The number of benzene rings is 2. The first-order valence-electron chi connectivity index (χ1n) is 9.17. The number of sulfonamides is 1. The Balaban J connectivity index is 2.24. The highest BCUT2D eigenvalue weighted by molar-refractivity contribution is 7.89. The molecule has 28 heavy (non-hydrogen) atoms. The zero-order valence-corrected chi connectivity index (χ0v) is 17.8. The Morgan fingerprint density at radius 3 is 2.29 bits per heavy atom. The van der Waals surface area contributed by atoms with Gasteiger partial charge in [-0.15, -0.1) is 0 Å². The lowest BCUT2D eigenvalue weighted by atomic mass is 10.0. The Labute approximate surface area is 167 Å². The van der Waals surface area contributed by atoms with Crippen LogP contribution in [-0.4, -0.2) is 27.5 Å². The van der Waals surface area contributed by atoms with E-state index in [1.54, 1.807) is 12.1 Å². The van der Waals surface area contributed by atoms with Gasteiger partial charge in [-0.25, -0.2) is 8.42 Å². The average Bonchev–Trinajstić information content (AvgIpc) is 2.64. The van der Waals surface area contributed by atoms with Gasteiger partial charge in [-0.1, -0.05) is 26.0 Å². The van der Waals surface area contributed by atoms with Crippen LogP contribution in [0, 0.1) is 19.8 Å². The van der Waals surface area contributed by atoms with Crippen molar-refractivity contribution in [3.63, 3.8) is 0 Å². The van der Waals surface area contributed by atoms with Crippen molar-refractivity contribution in [3.8, 4) is 5.75 Å². The third kappa shape index (κ3) is 5.56. The molecule has 0 aromatic heterocycles. The summed E-state index contributed by atoms with van der Waals surface area (Å²) < 4.78 is 33.2. The monoisotopic (exact) mass is 404 g/mol. The summed E-state index contributed by atoms with van der Waals surface area (Å²) in [4.78, 5) is 12.9. The molecule has 1 amide bonds. The van der Waals surface area contributed by atoms with Gasteiger partial charge in [-0.05, 0) is 67.6 Å². The third-order valence-corrected chi connectivity index (χ3v) is 6.04. The number of nitrogens with one attached hydrogen (secondary N) is 2. The molecule has 0 aliphatic rings. The fraction of sp³-hybridized carbons (Fsp3) is 0.381. The highest BCUT2D eigenvalue weighted by atomic mass is 32.2. The maximum atomic E-state index is 12.9. The number of anilines is 1. The van der Waals surface area contributed by atoms with Gasteiger partial charge in [0.2, 0.25) is 15.9 Å². The van der Waals surface area contributed by atoms with E-state index in [1.165, 1.54) is 19.2 Å². The first-order valence-corrected chi connectivity index (χ1v) is 10.7. The van der Waals surface area contributed by atoms with Crippen molar-refractivity contribution < 1.29 is 17.9 Å². The Morgan fingerprint density at radius 2 is 1.71 bits per heavy atom. The Kier molecular flexibility index (Phi) is 7.21. The number of carbonyl (C=O) groups excluding carboxylic acids is 1. The molecule has 0 saturated carbocycles. The number of aryl methyl sites for hydroxylation is 1. The highest BCUT2D eigenvalue weighted by Gasteiger charge is 2.27. The summed E-state index contributed by atoms with van der Waals surface area (Å²) in [5.74, 6) is 0.317. The number of rotatable bonds is 8. The third-order valence-electron chi connectivity index (χ3n) is 4.55. The fourth-order valence-electron chi connectivity index (χ4n) is 2.80. The molecule has 0 aliphatic heterocycles. The Hall–Kier alpha value is -2.38. The maximum absolute atomic E-state index is 12.9. The second-order valence-electron chi connectivity index (χ2n) is 7.22. The molecule has 2 aromatic rings. The van der Waals surface area contributed by atoms with E-state index in [4.69, 9.17) is 4.74 Å². The van der Waals surface area contributed by atoms with E-state index in [1.807, 2.05) is 45.9 Å². The molecule has 0 fully saturated rings. The van der Waals surface area contributed by atoms with Crippen molar-refractivity contribution in [1.82, 2.24) is 4.72 Å². The van der Waals surface area contributed by atoms with Crippen molar-refractivity contribution >= 4 is 21.6 Å². The van der Waals surface area contributed by atoms with E-state index in [0.29, 0.717) is 17.9 Å². The van der Waals surface area contributed by atoms with Gasteiger partial charge in [0.15, 0.2) is 0 Å². The second kappa shape index (κ2) is 9.21. The summed E-state index contributed by atoms with van der Waals surface area (Å²) in [6.07, 6.45) is 0.381. The molecule has 2 rings (SSSR count). The molecule has 0 unspecified atom stereocenters. The summed E-state index contributed by atoms with van der Waals surface area (Å²) in [6.45, 7) is 7.77. The quantitative estimate of drug-likeness (QED) is 0.703. The van der Waals surface area contributed by atoms with Gasteiger partial charge in [0, 0.05) is 5.69 Å². The van der Waals surface area contributed by atoms with E-state index < -0.39 is 16.1 Å². The number of ether oxygens (including phenoxy) is 1. The highest BCUT2D eigenvalue weighted by Crippen LogP contribution is 2.20. The lowest BCUT2D eigenvalue weighted by Gasteiger charge is -2.21. The number of hydrogen-bond acceptors (Lipinski definition) is 4. The Bertz CT molecular complexity index is 922. The van der Waals surface area contributed by atoms with Crippen LogP contribution in [0.1, 0.15) is 31.4 Å². The summed E-state index contributed by atoms with van der Waals surface area (Å²) in [5, 5.41) is 2.86. The molecule has 0 bridgehead atoms. The zero-order valence-electron chi connectivity index (χ0n) is 16.9. The molecule has 0 aliphatic carbocycles. The SMILES string of the molecule is COc1ccc(S(=O)(=O)N[C@H](CC(C)C)C(=O)Nc2cccc(C)c2C)cc1. The molecular formula is C21H28N2O4S. The minimum Gasteiger partial charge on any atom is -0.497 e. The zero-order chi connectivity index (χ0) is 20.9. The van der Waals surface area contributed by atoms with E-state index in [0.717, 1.165) is 11.1 Å². The van der Waals surface area contributed by atoms with Crippen molar-refractivity contribution in [2.45, 2.75) is 45.1 Å². The molecule has 6 nitrogen and oxygen atoms in total. The van der Waals surface area contributed by atoms with Gasteiger partial charge >= 0.3 is 0 Å². The maximum Gasteiger partial charge on any atom is 0.242 e. The molecule has 7 heteroatoms. The van der Waals surface area contributed by atoms with Gasteiger partial charge in [0.25, 0.3) is 0 Å². The largest absolute Gasteiger partial charge is 0.497 e. The lowest BCUT2D eigenvalue weighted by molar-refractivity contribution is -0.118. The van der Waals surface area contributed by atoms with Crippen LogP contribution in [0.15, 0.2) is 47.4 Å². The van der Waals surface area contributed by atoms with Gasteiger partial charge in [-0.2, -0.15) is 4.72 Å². The molecular weight excluding hydrogens is 376 g/mol. The smallest absolute Gasteiger partial charge is 0.242 e. The van der Waals surface area contributed by atoms with Gasteiger partial charge in [0.1, 0.15) is 11.8 Å². The second-order valence-corrected chi connectivity index (χ2v) is 8.93. The van der Waals surface area contributed by atoms with Crippen LogP contribution in [0.2, 0.25) is 0 Å². The summed E-state index contributed by atoms with van der Waals surface area (Å²) in [7, 11) is -2.34. The van der Waals surface area contributed by atoms with Crippen molar-refractivity contribution in [3.05, 3.63) is 53.6 Å². The number of carbonyl (C=O) groups is 1. The normalized spacial score (nSPS) is 12.6. The van der Waals surface area contributed by atoms with Gasteiger partial charge < -0.3 is 10.1 Å². The molecule has 152 valence electrons. The number of methoxy groups -OCH3 is 1. The topological polar surface area (TPSA) is 84.5 Å². The molecule has 0 saturated heterocycles. The van der Waals surface area contributed by atoms with E-state index in [9.17, 15) is 13.2 Å². The van der Waals surface area contributed by atoms with Crippen LogP contribution >= 0.6 is 0 Å². The Morgan fingerprint density at radius 1 is 1.07 bits per heavy atom. The van der Waals surface area contributed by atoms with Crippen molar-refractivity contribution in [2.75, 3.05) is 12.4 Å². The van der Waals surface area contributed by atoms with E-state index in [2.05, 4.69) is 10.0 Å². The van der Waals surface area contributed by atoms with Crippen LogP contribution in [-0.2, 0) is 14.8 Å². The van der Waals surface area contributed by atoms with Crippen LogP contribution in [0.5, 0.6) is 5.75 Å². The standard InChI is InChI=1S/C21H28N2O4S/c1-14(2)13-20(21(24)22-19-8-6-7-15(3)16(19)4)23-28(25,26)18-11-9-17(27-5)10-12-18/h6-12,14,20,23H,13H2,1-5H3,(H,22,24)/t20-/m1/s1. The average molecular weight is 405 g/mol. The lowest BCUT2D eigenvalue weighted by Crippen LogP contribution is -2.44. The van der Waals surface area contributed by atoms with Crippen LogP contribution < -0.4 is 14.8 Å². The predicted molar refractivity (Wildman–Crippen MR) is 111 cm³/mol. The predicted octanol–water partition coefficient (Wildman–Crippen LogP) is 3.64. The molecule has 0 spiro atoms. The van der Waals surface area contributed by atoms with Crippen LogP contribution in [0.25, 0.3) is 0 Å². The molecule has 0 heterocycles.